The molecule has 5 nitrogen and oxygen atoms in total. The van der Waals surface area contributed by atoms with Gasteiger partial charge in [0, 0.05) is 16.8 Å². The first-order valence-corrected chi connectivity index (χ1v) is 6.75. The van der Waals surface area contributed by atoms with E-state index in [2.05, 4.69) is 15.7 Å². The number of carbonyl (C=O) groups excluding carboxylic acids is 1. The number of nitrogens with one attached hydrogen (secondary N) is 2. The Morgan fingerprint density at radius 3 is 2.95 bits per heavy atom. The number of rotatable bonds is 4. The van der Waals surface area contributed by atoms with Crippen molar-refractivity contribution in [1.82, 2.24) is 10.3 Å². The summed E-state index contributed by atoms with van der Waals surface area (Å²) in [6.45, 7) is 2.25. The molecule has 19 heavy (non-hydrogen) atoms. The van der Waals surface area contributed by atoms with Gasteiger partial charge in [-0.15, -0.1) is 11.3 Å². The van der Waals surface area contributed by atoms with Crippen LogP contribution >= 0.6 is 22.9 Å². The minimum Gasteiger partial charge on any atom is -0.347 e. The molecule has 0 atom stereocenters. The first kappa shape index (κ1) is 13.8. The summed E-state index contributed by atoms with van der Waals surface area (Å²) in [5.41, 5.74) is 4.25. The van der Waals surface area contributed by atoms with E-state index in [1.165, 1.54) is 17.5 Å². The molecule has 100 valence electrons. The Morgan fingerprint density at radius 2 is 2.32 bits per heavy atom. The lowest BCUT2D eigenvalue weighted by atomic mass is 10.2. The highest BCUT2D eigenvalue weighted by atomic mass is 35.5. The van der Waals surface area contributed by atoms with Gasteiger partial charge in [-0.3, -0.25) is 15.6 Å². The zero-order valence-electron chi connectivity index (χ0n) is 10.2. The molecule has 0 saturated heterocycles. The van der Waals surface area contributed by atoms with Crippen LogP contribution in [0.2, 0.25) is 4.34 Å². The number of hydrogen-bond acceptors (Lipinski definition) is 5. The number of amides is 1. The van der Waals surface area contributed by atoms with E-state index in [0.717, 1.165) is 10.6 Å². The molecule has 0 saturated carbocycles. The molecule has 0 aliphatic heterocycles. The summed E-state index contributed by atoms with van der Waals surface area (Å²) in [6.07, 6.45) is 1.50. The smallest absolute Gasteiger partial charge is 0.255 e. The van der Waals surface area contributed by atoms with E-state index in [-0.39, 0.29) is 5.91 Å². The number of thiophene rings is 1. The molecular weight excluding hydrogens is 284 g/mol. The van der Waals surface area contributed by atoms with E-state index >= 15 is 0 Å². The highest BCUT2D eigenvalue weighted by molar-refractivity contribution is 7.16. The minimum absolute atomic E-state index is 0.232. The summed E-state index contributed by atoms with van der Waals surface area (Å²) >= 11 is 7.26. The molecule has 0 spiro atoms. The Bertz CT molecular complexity index is 599. The normalized spacial score (nSPS) is 10.3. The van der Waals surface area contributed by atoms with Crippen LogP contribution in [0.1, 0.15) is 20.9 Å². The lowest BCUT2D eigenvalue weighted by Gasteiger charge is -2.09. The van der Waals surface area contributed by atoms with Crippen molar-refractivity contribution in [2.45, 2.75) is 13.5 Å². The first-order chi connectivity index (χ1) is 9.10. The van der Waals surface area contributed by atoms with Gasteiger partial charge in [0.1, 0.15) is 0 Å². The number of nitrogens with zero attached hydrogens (tertiary/aromatic N) is 1. The summed E-state index contributed by atoms with van der Waals surface area (Å²) in [6, 6.07) is 5.40. The van der Waals surface area contributed by atoms with Crippen LogP contribution in [0.4, 0.5) is 5.69 Å². The van der Waals surface area contributed by atoms with E-state index in [4.69, 9.17) is 17.4 Å². The molecule has 0 fully saturated rings. The fourth-order valence-corrected chi connectivity index (χ4v) is 2.60. The molecule has 0 radical (unpaired) electrons. The first-order valence-electron chi connectivity index (χ1n) is 5.56. The maximum Gasteiger partial charge on any atom is 0.255 e. The third-order valence-corrected chi connectivity index (χ3v) is 3.72. The van der Waals surface area contributed by atoms with Gasteiger partial charge in [-0.1, -0.05) is 11.6 Å². The fraction of sp³-hybridized carbons (Fsp3) is 0.167. The molecule has 2 aromatic rings. The van der Waals surface area contributed by atoms with Crippen LogP contribution in [-0.4, -0.2) is 10.9 Å². The molecule has 2 heterocycles. The van der Waals surface area contributed by atoms with Gasteiger partial charge in [0.05, 0.1) is 22.1 Å². The summed E-state index contributed by atoms with van der Waals surface area (Å²) in [7, 11) is 0. The summed E-state index contributed by atoms with van der Waals surface area (Å²) in [5, 5.41) is 2.80. The Kier molecular flexibility index (Phi) is 4.36. The molecule has 7 heteroatoms. The summed E-state index contributed by atoms with van der Waals surface area (Å²) in [4.78, 5) is 17.1. The average Bonchev–Trinajstić information content (AvgIpc) is 2.81. The van der Waals surface area contributed by atoms with Crippen LogP contribution in [0.25, 0.3) is 0 Å². The molecule has 0 bridgehead atoms. The second-order valence-electron chi connectivity index (χ2n) is 3.90. The molecule has 0 aliphatic carbocycles. The molecule has 0 aliphatic rings. The summed E-state index contributed by atoms with van der Waals surface area (Å²) in [5.74, 6) is 5.16. The highest BCUT2D eigenvalue weighted by Crippen LogP contribution is 2.21. The predicted octanol–water partition coefficient (Wildman–Crippen LogP) is 2.32. The number of nitrogen functional groups attached to an aromatic ring is 1. The number of pyridine rings is 1. The lowest BCUT2D eigenvalue weighted by Crippen LogP contribution is -2.24. The van der Waals surface area contributed by atoms with Gasteiger partial charge in [-0.2, -0.15) is 0 Å². The van der Waals surface area contributed by atoms with Crippen LogP contribution in [0, 0.1) is 6.92 Å². The van der Waals surface area contributed by atoms with Gasteiger partial charge >= 0.3 is 0 Å². The third-order valence-electron chi connectivity index (χ3n) is 2.49. The number of halogens is 1. The molecule has 0 aromatic carbocycles. The van der Waals surface area contributed by atoms with Crippen molar-refractivity contribution < 1.29 is 4.79 Å². The molecule has 1 amide bonds. The van der Waals surface area contributed by atoms with Crippen molar-refractivity contribution in [2.75, 3.05) is 5.43 Å². The van der Waals surface area contributed by atoms with E-state index in [9.17, 15) is 4.79 Å². The largest absolute Gasteiger partial charge is 0.347 e. The SMILES string of the molecule is Cc1cc(NN)c(C(=O)NCc2ccc(Cl)s2)cn1. The van der Waals surface area contributed by atoms with Gasteiger partial charge in [0.2, 0.25) is 0 Å². The molecule has 4 N–H and O–H groups in total. The number of aryl methyl sites for hydroxylation is 1. The molecule has 2 rings (SSSR count). The Morgan fingerprint density at radius 1 is 1.53 bits per heavy atom. The number of anilines is 1. The minimum atomic E-state index is -0.232. The zero-order chi connectivity index (χ0) is 13.8. The van der Waals surface area contributed by atoms with Crippen molar-refractivity contribution >= 4 is 34.5 Å². The van der Waals surface area contributed by atoms with E-state index in [0.29, 0.717) is 22.1 Å². The topological polar surface area (TPSA) is 80.0 Å². The van der Waals surface area contributed by atoms with Crippen LogP contribution in [0.15, 0.2) is 24.4 Å². The standard InChI is InChI=1S/C12H13ClN4OS/c1-7-4-10(17-14)9(6-15-7)12(18)16-5-8-2-3-11(13)19-8/h2-4,6H,5,14H2,1H3,(H,15,17)(H,16,18). The van der Waals surface area contributed by atoms with E-state index in [1.54, 1.807) is 12.1 Å². The van der Waals surface area contributed by atoms with Crippen molar-refractivity contribution in [3.05, 3.63) is 44.9 Å². The van der Waals surface area contributed by atoms with Crippen LogP contribution in [0.5, 0.6) is 0 Å². The van der Waals surface area contributed by atoms with Gasteiger partial charge in [0.15, 0.2) is 0 Å². The number of hydrazine groups is 1. The van der Waals surface area contributed by atoms with E-state index < -0.39 is 0 Å². The second kappa shape index (κ2) is 6.01. The lowest BCUT2D eigenvalue weighted by molar-refractivity contribution is 0.0951. The molecular formula is C12H13ClN4OS. The second-order valence-corrected chi connectivity index (χ2v) is 5.70. The van der Waals surface area contributed by atoms with Gasteiger partial charge in [-0.25, -0.2) is 0 Å². The van der Waals surface area contributed by atoms with Gasteiger partial charge in [-0.05, 0) is 25.1 Å². The Labute approximate surface area is 119 Å². The zero-order valence-corrected chi connectivity index (χ0v) is 11.8. The van der Waals surface area contributed by atoms with Gasteiger partial charge < -0.3 is 10.7 Å². The highest BCUT2D eigenvalue weighted by Gasteiger charge is 2.12. The van der Waals surface area contributed by atoms with Crippen molar-refractivity contribution in [1.29, 1.82) is 0 Å². The molecule has 2 aromatic heterocycles. The maximum atomic E-state index is 12.0. The van der Waals surface area contributed by atoms with E-state index in [1.807, 2.05) is 13.0 Å². The van der Waals surface area contributed by atoms with Crippen molar-refractivity contribution in [3.63, 3.8) is 0 Å². The third kappa shape index (κ3) is 3.44. The number of nitrogens with two attached hydrogens (primary N) is 1. The maximum absolute atomic E-state index is 12.0. The number of hydrogen-bond donors (Lipinski definition) is 3. The van der Waals surface area contributed by atoms with Crippen molar-refractivity contribution in [3.8, 4) is 0 Å². The van der Waals surface area contributed by atoms with Crippen LogP contribution in [0.3, 0.4) is 0 Å². The summed E-state index contributed by atoms with van der Waals surface area (Å²) < 4.78 is 0.700. The van der Waals surface area contributed by atoms with Gasteiger partial charge in [0.25, 0.3) is 5.91 Å². The average molecular weight is 297 g/mol. The monoisotopic (exact) mass is 296 g/mol. The van der Waals surface area contributed by atoms with Crippen LogP contribution in [-0.2, 0) is 6.54 Å². The predicted molar refractivity (Wildman–Crippen MR) is 77.3 cm³/mol. The molecule has 0 unspecified atom stereocenters. The number of carbonyl (C=O) groups is 1. The van der Waals surface area contributed by atoms with Crippen molar-refractivity contribution in [2.24, 2.45) is 5.84 Å². The Balaban J connectivity index is 2.07. The quantitative estimate of drug-likeness (QED) is 0.597. The number of aromatic nitrogens is 1. The fourth-order valence-electron chi connectivity index (χ4n) is 1.57. The Hall–Kier alpha value is -1.63. The van der Waals surface area contributed by atoms with Crippen LogP contribution < -0.4 is 16.6 Å².